The number of nitrogens with zero attached hydrogens (tertiary/aromatic N) is 2. The highest BCUT2D eigenvalue weighted by Crippen LogP contribution is 2.25. The summed E-state index contributed by atoms with van der Waals surface area (Å²) in [6.45, 7) is 4.53. The van der Waals surface area contributed by atoms with Crippen molar-refractivity contribution in [1.82, 2.24) is 9.80 Å². The van der Waals surface area contributed by atoms with E-state index in [1.54, 1.807) is 0 Å². The molecule has 0 radical (unpaired) electrons. The van der Waals surface area contributed by atoms with E-state index < -0.39 is 0 Å². The van der Waals surface area contributed by atoms with Crippen LogP contribution in [0.25, 0.3) is 11.1 Å². The van der Waals surface area contributed by atoms with Gasteiger partial charge in [-0.25, -0.2) is 0 Å². The maximum atomic E-state index is 6.07. The number of hydrogen-bond acceptors (Lipinski definition) is 5. The van der Waals surface area contributed by atoms with Gasteiger partial charge in [0.2, 0.25) is 0 Å². The van der Waals surface area contributed by atoms with Crippen LogP contribution in [-0.2, 0) is 0 Å². The Hall–Kier alpha value is -2.29. The third-order valence-corrected chi connectivity index (χ3v) is 7.54. The topological polar surface area (TPSA) is 51.0 Å². The molecule has 2 heterocycles. The zero-order chi connectivity index (χ0) is 25.3. The van der Waals surface area contributed by atoms with Gasteiger partial charge in [-0.15, -0.1) is 0 Å². The van der Waals surface area contributed by atoms with Gasteiger partial charge in [-0.3, -0.25) is 0 Å². The van der Waals surface area contributed by atoms with Crippen LogP contribution >= 0.6 is 22.6 Å². The Balaban J connectivity index is 0.000000179. The molecule has 0 amide bonds. The first-order valence-electron chi connectivity index (χ1n) is 12.9. The van der Waals surface area contributed by atoms with Crippen molar-refractivity contribution in [2.24, 2.45) is 0 Å². The van der Waals surface area contributed by atoms with Crippen LogP contribution in [0, 0.1) is 3.57 Å². The normalized spacial score (nSPS) is 17.8. The smallest absolute Gasteiger partial charge is 0.119 e. The van der Waals surface area contributed by atoms with Crippen molar-refractivity contribution in [2.75, 3.05) is 46.0 Å². The molecule has 2 aliphatic heterocycles. The molecular formula is C30H38IN3O2. The van der Waals surface area contributed by atoms with E-state index in [-0.39, 0.29) is 0 Å². The van der Waals surface area contributed by atoms with E-state index in [1.165, 1.54) is 3.57 Å². The first-order valence-corrected chi connectivity index (χ1v) is 13.9. The van der Waals surface area contributed by atoms with Crippen molar-refractivity contribution in [2.45, 2.75) is 37.9 Å². The summed E-state index contributed by atoms with van der Waals surface area (Å²) in [5, 5.41) is 0. The van der Waals surface area contributed by atoms with Crippen LogP contribution in [0.4, 0.5) is 5.69 Å². The summed E-state index contributed by atoms with van der Waals surface area (Å²) in [7, 11) is 4.33. The van der Waals surface area contributed by atoms with Gasteiger partial charge in [0, 0.05) is 35.4 Å². The summed E-state index contributed by atoms with van der Waals surface area (Å²) in [5.41, 5.74) is 8.93. The van der Waals surface area contributed by atoms with Gasteiger partial charge in [0.15, 0.2) is 0 Å². The standard InChI is InChI=1S/C18H22N2O.C12H16INO/c1-20-11-9-18(10-12-20)21-17-7-5-14(6-8-17)15-3-2-4-16(19)13-15;1-14-8-6-12(7-9-14)15-11-4-2-10(13)3-5-11/h2-8,13,18H,9-12,19H2,1H3;2-5,12H,6-9H2,1H3. The minimum atomic E-state index is 0.347. The molecule has 0 bridgehead atoms. The van der Waals surface area contributed by atoms with Gasteiger partial charge in [-0.1, -0.05) is 24.3 Å². The monoisotopic (exact) mass is 599 g/mol. The molecule has 3 aromatic rings. The Morgan fingerprint density at radius 2 is 1.14 bits per heavy atom. The number of nitrogen functional groups attached to an aromatic ring is 1. The van der Waals surface area contributed by atoms with Gasteiger partial charge in [-0.2, -0.15) is 0 Å². The maximum Gasteiger partial charge on any atom is 0.119 e. The number of rotatable bonds is 5. The van der Waals surface area contributed by atoms with Crippen LogP contribution < -0.4 is 15.2 Å². The second-order valence-corrected chi connectivity index (χ2v) is 11.1. The lowest BCUT2D eigenvalue weighted by Crippen LogP contribution is -2.35. The highest BCUT2D eigenvalue weighted by atomic mass is 127. The van der Waals surface area contributed by atoms with E-state index in [1.807, 2.05) is 18.2 Å². The molecule has 2 fully saturated rings. The average molecular weight is 600 g/mol. The molecule has 0 atom stereocenters. The summed E-state index contributed by atoms with van der Waals surface area (Å²) in [4.78, 5) is 4.70. The number of ether oxygens (including phenoxy) is 2. The van der Waals surface area contributed by atoms with Gasteiger partial charge in [0.1, 0.15) is 23.7 Å². The molecule has 3 aromatic carbocycles. The van der Waals surface area contributed by atoms with Crippen LogP contribution in [0.3, 0.4) is 0 Å². The van der Waals surface area contributed by atoms with Crippen molar-refractivity contribution >= 4 is 28.3 Å². The van der Waals surface area contributed by atoms with Crippen molar-refractivity contribution < 1.29 is 9.47 Å². The number of nitrogens with two attached hydrogens (primary N) is 1. The molecule has 2 N–H and O–H groups in total. The fraction of sp³-hybridized carbons (Fsp3) is 0.400. The van der Waals surface area contributed by atoms with Crippen molar-refractivity contribution in [3.63, 3.8) is 0 Å². The summed E-state index contributed by atoms with van der Waals surface area (Å²) in [6.07, 6.45) is 5.24. The number of piperidine rings is 2. The van der Waals surface area contributed by atoms with E-state index in [0.717, 1.165) is 80.2 Å². The Bertz CT molecular complexity index is 1060. The van der Waals surface area contributed by atoms with Gasteiger partial charge in [-0.05, 0) is 122 Å². The second-order valence-electron chi connectivity index (χ2n) is 9.84. The van der Waals surface area contributed by atoms with Gasteiger partial charge in [0.05, 0.1) is 0 Å². The molecule has 0 saturated carbocycles. The Kier molecular flexibility index (Phi) is 9.90. The fourth-order valence-electron chi connectivity index (χ4n) is 4.55. The Labute approximate surface area is 229 Å². The molecule has 0 spiro atoms. The quantitative estimate of drug-likeness (QED) is 0.281. The van der Waals surface area contributed by atoms with Gasteiger partial charge in [0.25, 0.3) is 0 Å². The van der Waals surface area contributed by atoms with E-state index in [9.17, 15) is 0 Å². The number of likely N-dealkylation sites (tertiary alicyclic amines) is 2. The SMILES string of the molecule is CN1CCC(Oc2ccc(-c3cccc(N)c3)cc2)CC1.CN1CCC(Oc2ccc(I)cc2)CC1. The first-order chi connectivity index (χ1) is 17.4. The van der Waals surface area contributed by atoms with Crippen LogP contribution in [0.5, 0.6) is 11.5 Å². The lowest BCUT2D eigenvalue weighted by Gasteiger charge is -2.29. The highest BCUT2D eigenvalue weighted by Gasteiger charge is 2.18. The highest BCUT2D eigenvalue weighted by molar-refractivity contribution is 14.1. The minimum Gasteiger partial charge on any atom is -0.490 e. The zero-order valence-corrected chi connectivity index (χ0v) is 23.6. The largest absolute Gasteiger partial charge is 0.490 e. The van der Waals surface area contributed by atoms with E-state index in [2.05, 4.69) is 101 Å². The van der Waals surface area contributed by atoms with E-state index in [4.69, 9.17) is 15.2 Å². The molecule has 2 aliphatic rings. The van der Waals surface area contributed by atoms with Crippen molar-refractivity contribution in [1.29, 1.82) is 0 Å². The van der Waals surface area contributed by atoms with E-state index in [0.29, 0.717) is 12.2 Å². The molecule has 0 aliphatic carbocycles. The van der Waals surface area contributed by atoms with E-state index >= 15 is 0 Å². The summed E-state index contributed by atoms with van der Waals surface area (Å²) in [6, 6.07) is 24.5. The second kappa shape index (κ2) is 13.3. The maximum absolute atomic E-state index is 6.07. The zero-order valence-electron chi connectivity index (χ0n) is 21.4. The third-order valence-electron chi connectivity index (χ3n) is 6.82. The van der Waals surface area contributed by atoms with Crippen molar-refractivity contribution in [3.8, 4) is 22.6 Å². The number of benzene rings is 3. The summed E-state index contributed by atoms with van der Waals surface area (Å²) < 4.78 is 13.2. The Morgan fingerprint density at radius 3 is 1.61 bits per heavy atom. The molecular weight excluding hydrogens is 561 g/mol. The van der Waals surface area contributed by atoms with Crippen LogP contribution in [-0.4, -0.2) is 62.3 Å². The van der Waals surface area contributed by atoms with Gasteiger partial charge >= 0.3 is 0 Å². The molecule has 192 valence electrons. The number of hydrogen-bond donors (Lipinski definition) is 1. The molecule has 0 unspecified atom stereocenters. The molecule has 6 heteroatoms. The first kappa shape index (κ1) is 26.8. The minimum absolute atomic E-state index is 0.347. The average Bonchev–Trinajstić information content (AvgIpc) is 2.89. The lowest BCUT2D eigenvalue weighted by molar-refractivity contribution is 0.114. The lowest BCUT2D eigenvalue weighted by atomic mass is 10.0. The Morgan fingerprint density at radius 1 is 0.667 bits per heavy atom. The van der Waals surface area contributed by atoms with Gasteiger partial charge < -0.3 is 25.0 Å². The molecule has 2 saturated heterocycles. The summed E-state index contributed by atoms with van der Waals surface area (Å²) >= 11 is 2.31. The fourth-order valence-corrected chi connectivity index (χ4v) is 4.91. The molecule has 5 nitrogen and oxygen atoms in total. The molecule has 5 rings (SSSR count). The van der Waals surface area contributed by atoms with Crippen molar-refractivity contribution in [3.05, 3.63) is 76.4 Å². The molecule has 0 aromatic heterocycles. The third kappa shape index (κ3) is 8.39. The molecule has 36 heavy (non-hydrogen) atoms. The number of anilines is 1. The predicted octanol–water partition coefficient (Wildman–Crippen LogP) is 6.17. The van der Waals surface area contributed by atoms with Crippen LogP contribution in [0.15, 0.2) is 72.8 Å². The van der Waals surface area contributed by atoms with Crippen LogP contribution in [0.1, 0.15) is 25.7 Å². The summed E-state index contributed by atoms with van der Waals surface area (Å²) in [5.74, 6) is 1.96. The predicted molar refractivity (Wildman–Crippen MR) is 158 cm³/mol. The number of halogens is 1. The van der Waals surface area contributed by atoms with Crippen LogP contribution in [0.2, 0.25) is 0 Å².